The number of halogens is 1. The number of nitrogens with zero attached hydrogens (tertiary/aromatic N) is 3. The van der Waals surface area contributed by atoms with Crippen LogP contribution in [-0.2, 0) is 0 Å². The van der Waals surface area contributed by atoms with Gasteiger partial charge in [-0.2, -0.15) is 5.10 Å². The minimum Gasteiger partial charge on any atom is -0.351 e. The molecule has 1 fully saturated rings. The van der Waals surface area contributed by atoms with Crippen molar-refractivity contribution in [2.45, 2.75) is 32.2 Å². The maximum Gasteiger partial charge on any atom is 0.151 e. The molecule has 2 heterocycles. The van der Waals surface area contributed by atoms with Crippen LogP contribution >= 0.6 is 12.4 Å². The summed E-state index contributed by atoms with van der Waals surface area (Å²) in [5, 5.41) is 8.31. The smallest absolute Gasteiger partial charge is 0.151 e. The van der Waals surface area contributed by atoms with E-state index in [0.717, 1.165) is 18.1 Å². The summed E-state index contributed by atoms with van der Waals surface area (Å²) in [6.45, 7) is 3.71. The number of aryl methyl sites for hydroxylation is 1. The summed E-state index contributed by atoms with van der Waals surface area (Å²) < 4.78 is 0. The molecule has 0 aromatic carbocycles. The monoisotopic (exact) mass is 242 g/mol. The SMILES string of the molecule is Cc1ccc(N2CCCCC2CN)nn1.Cl. The van der Waals surface area contributed by atoms with Crippen LogP contribution in [0.25, 0.3) is 0 Å². The van der Waals surface area contributed by atoms with Crippen molar-refractivity contribution in [1.82, 2.24) is 10.2 Å². The van der Waals surface area contributed by atoms with Crippen molar-refractivity contribution in [3.8, 4) is 0 Å². The summed E-state index contributed by atoms with van der Waals surface area (Å²) in [7, 11) is 0. The van der Waals surface area contributed by atoms with E-state index in [2.05, 4.69) is 15.1 Å². The van der Waals surface area contributed by atoms with Gasteiger partial charge in [-0.05, 0) is 38.3 Å². The van der Waals surface area contributed by atoms with E-state index in [1.807, 2.05) is 19.1 Å². The van der Waals surface area contributed by atoms with Gasteiger partial charge in [-0.1, -0.05) is 0 Å². The molecule has 90 valence electrons. The number of aromatic nitrogens is 2. The standard InChI is InChI=1S/C11H18N4.ClH/c1-9-5-6-11(14-13-9)15-7-3-2-4-10(15)8-12;/h5-6,10H,2-4,7-8,12H2,1H3;1H. The average Bonchev–Trinajstić information content (AvgIpc) is 2.30. The van der Waals surface area contributed by atoms with E-state index < -0.39 is 0 Å². The lowest BCUT2D eigenvalue weighted by atomic mass is 10.0. The van der Waals surface area contributed by atoms with Crippen molar-refractivity contribution in [3.63, 3.8) is 0 Å². The molecule has 4 nitrogen and oxygen atoms in total. The summed E-state index contributed by atoms with van der Waals surface area (Å²) in [6.07, 6.45) is 3.68. The molecule has 2 N–H and O–H groups in total. The molecule has 1 aliphatic heterocycles. The second-order valence-electron chi connectivity index (χ2n) is 4.11. The topological polar surface area (TPSA) is 55.0 Å². The third-order valence-corrected chi connectivity index (χ3v) is 2.98. The first kappa shape index (κ1) is 13.2. The van der Waals surface area contributed by atoms with E-state index >= 15 is 0 Å². The van der Waals surface area contributed by atoms with Crippen molar-refractivity contribution < 1.29 is 0 Å². The molecule has 0 radical (unpaired) electrons. The Morgan fingerprint density at radius 3 is 2.81 bits per heavy atom. The molecule has 2 rings (SSSR count). The molecular weight excluding hydrogens is 224 g/mol. The molecule has 16 heavy (non-hydrogen) atoms. The summed E-state index contributed by atoms with van der Waals surface area (Å²) in [6, 6.07) is 4.48. The van der Waals surface area contributed by atoms with E-state index in [-0.39, 0.29) is 12.4 Å². The Hall–Kier alpha value is -0.870. The lowest BCUT2D eigenvalue weighted by molar-refractivity contribution is 0.460. The molecule has 0 bridgehead atoms. The summed E-state index contributed by atoms with van der Waals surface area (Å²) in [4.78, 5) is 2.29. The summed E-state index contributed by atoms with van der Waals surface area (Å²) in [5.74, 6) is 0.968. The predicted octanol–water partition coefficient (Wildman–Crippen LogP) is 1.52. The number of nitrogens with two attached hydrogens (primary N) is 1. The fourth-order valence-corrected chi connectivity index (χ4v) is 2.09. The van der Waals surface area contributed by atoms with Gasteiger partial charge in [-0.15, -0.1) is 17.5 Å². The number of piperidine rings is 1. The van der Waals surface area contributed by atoms with Crippen LogP contribution in [0.1, 0.15) is 25.0 Å². The largest absolute Gasteiger partial charge is 0.351 e. The van der Waals surface area contributed by atoms with Crippen molar-refractivity contribution in [2.75, 3.05) is 18.0 Å². The van der Waals surface area contributed by atoms with Crippen LogP contribution in [0.4, 0.5) is 5.82 Å². The highest BCUT2D eigenvalue weighted by molar-refractivity contribution is 5.85. The molecule has 1 aromatic rings. The first-order valence-corrected chi connectivity index (χ1v) is 5.58. The molecule has 1 saturated heterocycles. The zero-order valence-electron chi connectivity index (χ0n) is 9.59. The fourth-order valence-electron chi connectivity index (χ4n) is 2.09. The van der Waals surface area contributed by atoms with Gasteiger partial charge in [0.15, 0.2) is 5.82 Å². The van der Waals surface area contributed by atoms with Crippen LogP contribution in [0.15, 0.2) is 12.1 Å². The van der Waals surface area contributed by atoms with E-state index in [1.54, 1.807) is 0 Å². The maximum atomic E-state index is 5.77. The lowest BCUT2D eigenvalue weighted by Crippen LogP contribution is -2.44. The molecule has 1 unspecified atom stereocenters. The quantitative estimate of drug-likeness (QED) is 0.855. The van der Waals surface area contributed by atoms with Crippen LogP contribution in [-0.4, -0.2) is 29.3 Å². The van der Waals surface area contributed by atoms with Crippen LogP contribution in [0.3, 0.4) is 0 Å². The van der Waals surface area contributed by atoms with Crippen molar-refractivity contribution in [3.05, 3.63) is 17.8 Å². The third-order valence-electron chi connectivity index (χ3n) is 2.98. The van der Waals surface area contributed by atoms with Crippen molar-refractivity contribution in [1.29, 1.82) is 0 Å². The molecule has 1 aromatic heterocycles. The number of hydrogen-bond acceptors (Lipinski definition) is 4. The van der Waals surface area contributed by atoms with Gasteiger partial charge in [-0.3, -0.25) is 0 Å². The number of anilines is 1. The van der Waals surface area contributed by atoms with Crippen molar-refractivity contribution >= 4 is 18.2 Å². The molecular formula is C11H19ClN4. The first-order valence-electron chi connectivity index (χ1n) is 5.58. The molecule has 1 aliphatic rings. The Morgan fingerprint density at radius 2 is 2.19 bits per heavy atom. The fraction of sp³-hybridized carbons (Fsp3) is 0.636. The zero-order chi connectivity index (χ0) is 10.7. The van der Waals surface area contributed by atoms with Crippen molar-refractivity contribution in [2.24, 2.45) is 5.73 Å². The Bertz CT molecular complexity index is 314. The van der Waals surface area contributed by atoms with Gasteiger partial charge >= 0.3 is 0 Å². The Labute approximate surface area is 103 Å². The van der Waals surface area contributed by atoms with E-state index in [0.29, 0.717) is 12.6 Å². The van der Waals surface area contributed by atoms with Gasteiger partial charge in [-0.25, -0.2) is 0 Å². The van der Waals surface area contributed by atoms with Gasteiger partial charge in [0.25, 0.3) is 0 Å². The second-order valence-corrected chi connectivity index (χ2v) is 4.11. The van der Waals surface area contributed by atoms with Crippen LogP contribution in [0.5, 0.6) is 0 Å². The van der Waals surface area contributed by atoms with Crippen LogP contribution in [0.2, 0.25) is 0 Å². The summed E-state index contributed by atoms with van der Waals surface area (Å²) >= 11 is 0. The highest BCUT2D eigenvalue weighted by atomic mass is 35.5. The zero-order valence-corrected chi connectivity index (χ0v) is 10.4. The molecule has 5 heteroatoms. The van der Waals surface area contributed by atoms with E-state index in [4.69, 9.17) is 5.73 Å². The lowest BCUT2D eigenvalue weighted by Gasteiger charge is -2.35. The normalized spacial score (nSPS) is 20.4. The summed E-state index contributed by atoms with van der Waals surface area (Å²) in [5.41, 5.74) is 6.73. The van der Waals surface area contributed by atoms with Gasteiger partial charge in [0.05, 0.1) is 5.69 Å². The first-order chi connectivity index (χ1) is 7.31. The van der Waals surface area contributed by atoms with Crippen LogP contribution in [0, 0.1) is 6.92 Å². The highest BCUT2D eigenvalue weighted by Gasteiger charge is 2.22. The molecule has 1 atom stereocenters. The molecule has 0 saturated carbocycles. The van der Waals surface area contributed by atoms with Gasteiger partial charge in [0.1, 0.15) is 0 Å². The van der Waals surface area contributed by atoms with Gasteiger partial charge in [0.2, 0.25) is 0 Å². The average molecular weight is 243 g/mol. The maximum absolute atomic E-state index is 5.77. The molecule has 0 aliphatic carbocycles. The van der Waals surface area contributed by atoms with Gasteiger partial charge < -0.3 is 10.6 Å². The highest BCUT2D eigenvalue weighted by Crippen LogP contribution is 2.21. The van der Waals surface area contributed by atoms with E-state index in [1.165, 1.54) is 19.3 Å². The molecule has 0 amide bonds. The Balaban J connectivity index is 0.00000128. The second kappa shape index (κ2) is 6.01. The Morgan fingerprint density at radius 1 is 1.38 bits per heavy atom. The number of rotatable bonds is 2. The Kier molecular flexibility index (Phi) is 4.96. The third kappa shape index (κ3) is 2.83. The van der Waals surface area contributed by atoms with E-state index in [9.17, 15) is 0 Å². The van der Waals surface area contributed by atoms with Crippen LogP contribution < -0.4 is 10.6 Å². The van der Waals surface area contributed by atoms with Gasteiger partial charge in [0, 0.05) is 19.1 Å². The predicted molar refractivity (Wildman–Crippen MR) is 68.1 cm³/mol. The molecule has 0 spiro atoms. The minimum absolute atomic E-state index is 0. The number of hydrogen-bond donors (Lipinski definition) is 1. The minimum atomic E-state index is 0.